The third kappa shape index (κ3) is 6.96. The topological polar surface area (TPSA) is 92.7 Å². The Kier molecular flexibility index (Phi) is 8.38. The molecule has 0 bridgehead atoms. The normalized spacial score (nSPS) is 10.9. The lowest BCUT2D eigenvalue weighted by atomic mass is 10.0. The van der Waals surface area contributed by atoms with Crippen molar-refractivity contribution in [2.24, 2.45) is 0 Å². The van der Waals surface area contributed by atoms with E-state index in [1.807, 2.05) is 89.6 Å². The molecule has 0 saturated carbocycles. The number of carbonyl (C=O) groups is 2. The van der Waals surface area contributed by atoms with Gasteiger partial charge in [-0.15, -0.1) is 0 Å². The standard InChI is InChI=1S/C32H31N5O2/c38-30(19-24-11-4-1-5-12-24)18-9-2-6-15-28-23-37(29-16-7-3-8-17-29)32(35-28)36-31(39)26-14-10-13-25(20-26)27-21-33-34-22-27/h1,3-5,7-8,10-14,16-17,20-23H,2,6,9,15,18-19H2,(H,33,34)(H,35,36,39). The van der Waals surface area contributed by atoms with Crippen molar-refractivity contribution < 1.29 is 9.59 Å². The van der Waals surface area contributed by atoms with Crippen LogP contribution in [-0.4, -0.2) is 31.4 Å². The van der Waals surface area contributed by atoms with Gasteiger partial charge in [0.2, 0.25) is 5.95 Å². The number of ketones is 1. The Morgan fingerprint density at radius 2 is 1.64 bits per heavy atom. The zero-order valence-electron chi connectivity index (χ0n) is 21.7. The first-order valence-electron chi connectivity index (χ1n) is 13.3. The Hall–Kier alpha value is -4.78. The molecule has 0 unspecified atom stereocenters. The average molecular weight is 518 g/mol. The molecule has 0 fully saturated rings. The summed E-state index contributed by atoms with van der Waals surface area (Å²) in [6.07, 6.45) is 10.1. The van der Waals surface area contributed by atoms with E-state index in [-0.39, 0.29) is 11.7 Å². The number of para-hydroxylation sites is 1. The van der Waals surface area contributed by atoms with Crippen molar-refractivity contribution in [3.8, 4) is 16.8 Å². The molecule has 5 aromatic rings. The maximum Gasteiger partial charge on any atom is 0.258 e. The summed E-state index contributed by atoms with van der Waals surface area (Å²) in [7, 11) is 0. The lowest BCUT2D eigenvalue weighted by molar-refractivity contribution is -0.118. The SMILES string of the molecule is O=C(CCCCCc1cn(-c2ccccc2)c(NC(=O)c2cccc(-c3cn[nH]c3)c2)n1)Cc1ccccc1. The molecular formula is C32H31N5O2. The Balaban J connectivity index is 1.21. The third-order valence-electron chi connectivity index (χ3n) is 6.60. The minimum absolute atomic E-state index is 0.230. The number of aromatic nitrogens is 4. The van der Waals surface area contributed by atoms with Crippen LogP contribution in [0.15, 0.2) is 104 Å². The molecule has 0 saturated heterocycles. The van der Waals surface area contributed by atoms with Gasteiger partial charge in [-0.25, -0.2) is 4.98 Å². The number of anilines is 1. The van der Waals surface area contributed by atoms with Crippen molar-refractivity contribution in [2.45, 2.75) is 38.5 Å². The summed E-state index contributed by atoms with van der Waals surface area (Å²) in [5.74, 6) is 0.524. The van der Waals surface area contributed by atoms with Gasteiger partial charge in [0.1, 0.15) is 5.78 Å². The van der Waals surface area contributed by atoms with Crippen LogP contribution in [0.4, 0.5) is 5.95 Å². The number of imidazole rings is 1. The lowest BCUT2D eigenvalue weighted by Crippen LogP contribution is -2.15. The average Bonchev–Trinajstić information content (AvgIpc) is 3.65. The van der Waals surface area contributed by atoms with Crippen LogP contribution >= 0.6 is 0 Å². The smallest absolute Gasteiger partial charge is 0.258 e. The molecule has 2 heterocycles. The van der Waals surface area contributed by atoms with E-state index >= 15 is 0 Å². The van der Waals surface area contributed by atoms with Gasteiger partial charge < -0.3 is 0 Å². The molecule has 0 spiro atoms. The lowest BCUT2D eigenvalue weighted by Gasteiger charge is -2.09. The third-order valence-corrected chi connectivity index (χ3v) is 6.60. The minimum Gasteiger partial charge on any atom is -0.299 e. The summed E-state index contributed by atoms with van der Waals surface area (Å²) in [6, 6.07) is 27.2. The highest BCUT2D eigenvalue weighted by Crippen LogP contribution is 2.22. The van der Waals surface area contributed by atoms with Crippen LogP contribution in [0, 0.1) is 0 Å². The summed E-state index contributed by atoms with van der Waals surface area (Å²) >= 11 is 0. The number of Topliss-reactive ketones (excluding diaryl/α,β-unsaturated/α-hetero) is 1. The highest BCUT2D eigenvalue weighted by Gasteiger charge is 2.15. The highest BCUT2D eigenvalue weighted by atomic mass is 16.1. The van der Waals surface area contributed by atoms with Gasteiger partial charge in [-0.05, 0) is 54.7 Å². The fraction of sp³-hybridized carbons (Fsp3) is 0.188. The van der Waals surface area contributed by atoms with Crippen LogP contribution in [0.2, 0.25) is 0 Å². The highest BCUT2D eigenvalue weighted by molar-refractivity contribution is 6.04. The Morgan fingerprint density at radius 3 is 2.41 bits per heavy atom. The number of amides is 1. The molecule has 1 amide bonds. The molecule has 196 valence electrons. The van der Waals surface area contributed by atoms with Gasteiger partial charge in [0.15, 0.2) is 0 Å². The fourth-order valence-corrected chi connectivity index (χ4v) is 4.56. The Morgan fingerprint density at radius 1 is 0.846 bits per heavy atom. The van der Waals surface area contributed by atoms with Crippen LogP contribution in [0.1, 0.15) is 47.3 Å². The number of benzene rings is 3. The van der Waals surface area contributed by atoms with Crippen molar-refractivity contribution in [3.05, 3.63) is 120 Å². The summed E-state index contributed by atoms with van der Waals surface area (Å²) in [4.78, 5) is 30.3. The maximum atomic E-state index is 13.2. The summed E-state index contributed by atoms with van der Waals surface area (Å²) in [5.41, 5.74) is 5.25. The van der Waals surface area contributed by atoms with E-state index in [1.54, 1.807) is 18.5 Å². The van der Waals surface area contributed by atoms with E-state index in [0.29, 0.717) is 24.4 Å². The van der Waals surface area contributed by atoms with Crippen LogP contribution < -0.4 is 5.32 Å². The molecule has 0 aliphatic rings. The van der Waals surface area contributed by atoms with Crippen molar-refractivity contribution in [2.75, 3.05) is 5.32 Å². The zero-order valence-corrected chi connectivity index (χ0v) is 21.7. The molecule has 5 rings (SSSR count). The molecule has 39 heavy (non-hydrogen) atoms. The second kappa shape index (κ2) is 12.6. The molecule has 0 atom stereocenters. The molecule has 0 aliphatic heterocycles. The quantitative estimate of drug-likeness (QED) is 0.187. The number of nitrogens with zero attached hydrogens (tertiary/aromatic N) is 3. The van der Waals surface area contributed by atoms with Gasteiger partial charge in [0.05, 0.1) is 11.9 Å². The number of H-pyrrole nitrogens is 1. The van der Waals surface area contributed by atoms with Gasteiger partial charge in [0, 0.05) is 42.0 Å². The largest absolute Gasteiger partial charge is 0.299 e. The van der Waals surface area contributed by atoms with Crippen molar-refractivity contribution in [1.82, 2.24) is 19.7 Å². The molecule has 0 radical (unpaired) electrons. The molecule has 2 aromatic heterocycles. The van der Waals surface area contributed by atoms with Gasteiger partial charge in [-0.1, -0.05) is 67.1 Å². The predicted octanol–water partition coefficient (Wildman–Crippen LogP) is 6.43. The van der Waals surface area contributed by atoms with E-state index in [2.05, 4.69) is 15.5 Å². The van der Waals surface area contributed by atoms with Crippen LogP contribution in [0.3, 0.4) is 0 Å². The maximum absolute atomic E-state index is 13.2. The van der Waals surface area contributed by atoms with E-state index in [1.165, 1.54) is 0 Å². The molecule has 7 nitrogen and oxygen atoms in total. The monoisotopic (exact) mass is 517 g/mol. The van der Waals surface area contributed by atoms with Crippen molar-refractivity contribution in [1.29, 1.82) is 0 Å². The molecule has 7 heteroatoms. The van der Waals surface area contributed by atoms with Crippen LogP contribution in [0.25, 0.3) is 16.8 Å². The zero-order chi connectivity index (χ0) is 26.9. The number of aromatic amines is 1. The number of hydrogen-bond donors (Lipinski definition) is 2. The van der Waals surface area contributed by atoms with Gasteiger partial charge >= 0.3 is 0 Å². The summed E-state index contributed by atoms with van der Waals surface area (Å²) in [6.45, 7) is 0. The number of hydrogen-bond acceptors (Lipinski definition) is 4. The first-order valence-corrected chi connectivity index (χ1v) is 13.3. The second-order valence-electron chi connectivity index (χ2n) is 9.55. The predicted molar refractivity (Wildman–Crippen MR) is 153 cm³/mol. The van der Waals surface area contributed by atoms with E-state index in [0.717, 1.165) is 53.8 Å². The van der Waals surface area contributed by atoms with Gasteiger partial charge in [-0.3, -0.25) is 24.6 Å². The Bertz CT molecular complexity index is 1510. The van der Waals surface area contributed by atoms with Crippen LogP contribution in [-0.2, 0) is 17.6 Å². The molecular weight excluding hydrogens is 486 g/mol. The number of rotatable bonds is 12. The first kappa shape index (κ1) is 25.9. The van der Waals surface area contributed by atoms with Gasteiger partial charge in [-0.2, -0.15) is 5.10 Å². The van der Waals surface area contributed by atoms with E-state index in [9.17, 15) is 9.59 Å². The first-order chi connectivity index (χ1) is 19.2. The number of carbonyl (C=O) groups excluding carboxylic acids is 2. The Labute approximate surface area is 227 Å². The number of nitrogens with one attached hydrogen (secondary N) is 2. The minimum atomic E-state index is -0.230. The van der Waals surface area contributed by atoms with Crippen molar-refractivity contribution in [3.63, 3.8) is 0 Å². The fourth-order valence-electron chi connectivity index (χ4n) is 4.56. The van der Waals surface area contributed by atoms with Gasteiger partial charge in [0.25, 0.3) is 5.91 Å². The van der Waals surface area contributed by atoms with Crippen molar-refractivity contribution >= 4 is 17.6 Å². The number of aryl methyl sites for hydroxylation is 1. The van der Waals surface area contributed by atoms with E-state index < -0.39 is 0 Å². The molecule has 3 aromatic carbocycles. The second-order valence-corrected chi connectivity index (χ2v) is 9.55. The summed E-state index contributed by atoms with van der Waals surface area (Å²) < 4.78 is 1.91. The summed E-state index contributed by atoms with van der Waals surface area (Å²) in [5, 5.41) is 9.80. The molecule has 2 N–H and O–H groups in total. The molecule has 0 aliphatic carbocycles. The van der Waals surface area contributed by atoms with Crippen LogP contribution in [0.5, 0.6) is 0 Å². The number of unbranched alkanes of at least 4 members (excludes halogenated alkanes) is 2. The van der Waals surface area contributed by atoms with E-state index in [4.69, 9.17) is 4.98 Å².